The van der Waals surface area contributed by atoms with Crippen molar-refractivity contribution in [2.45, 2.75) is 51.7 Å². The van der Waals surface area contributed by atoms with Crippen LogP contribution in [0.2, 0.25) is 0 Å². The van der Waals surface area contributed by atoms with E-state index in [1.54, 1.807) is 0 Å². The maximum Gasteiger partial charge on any atom is 0.277 e. The van der Waals surface area contributed by atoms with Gasteiger partial charge >= 0.3 is 0 Å². The topological polar surface area (TPSA) is 32.8 Å². The number of rotatable bonds is 5. The number of thiocarbonyl (C=S) groups is 1. The highest BCUT2D eigenvalue weighted by Crippen LogP contribution is 2.30. The number of aryl methyl sites for hydroxylation is 1. The highest BCUT2D eigenvalue weighted by molar-refractivity contribution is 7.80. The van der Waals surface area contributed by atoms with E-state index in [-0.39, 0.29) is 11.9 Å². The number of hydrogen-bond acceptors (Lipinski definition) is 3. The van der Waals surface area contributed by atoms with Gasteiger partial charge in [-0.3, -0.25) is 9.69 Å². The van der Waals surface area contributed by atoms with Crippen LogP contribution in [0.5, 0.6) is 5.75 Å². The second kappa shape index (κ2) is 9.00. The molecule has 0 atom stereocenters. The average molecular weight is 421 g/mol. The van der Waals surface area contributed by atoms with E-state index in [1.165, 1.54) is 24.8 Å². The third-order valence-corrected chi connectivity index (χ3v) is 6.41. The summed E-state index contributed by atoms with van der Waals surface area (Å²) in [5, 5.41) is 0.621. The van der Waals surface area contributed by atoms with Crippen molar-refractivity contribution in [3.63, 3.8) is 0 Å². The van der Waals surface area contributed by atoms with Gasteiger partial charge in [-0.1, -0.05) is 61.2 Å². The second-order valence-corrected chi connectivity index (χ2v) is 8.55. The Hall–Kier alpha value is -2.66. The second-order valence-electron chi connectivity index (χ2n) is 8.18. The Morgan fingerprint density at radius 2 is 1.70 bits per heavy atom. The number of hydrogen-bond donors (Lipinski definition) is 0. The molecule has 0 aromatic heterocycles. The third kappa shape index (κ3) is 4.41. The highest BCUT2D eigenvalue weighted by Gasteiger charge is 2.40. The van der Waals surface area contributed by atoms with Crippen molar-refractivity contribution in [1.82, 2.24) is 9.80 Å². The Balaban J connectivity index is 1.44. The molecule has 0 spiro atoms. The van der Waals surface area contributed by atoms with Gasteiger partial charge < -0.3 is 9.64 Å². The normalized spacial score (nSPS) is 19.1. The SMILES string of the molecule is Cc1ccc(COc2ccc(/C=C3/C(=O)N(C4CCCCC4)C(=S)N3C)cc2)cc1. The van der Waals surface area contributed by atoms with Gasteiger partial charge in [-0.05, 0) is 61.3 Å². The van der Waals surface area contributed by atoms with Crippen molar-refractivity contribution >= 4 is 29.3 Å². The number of nitrogens with zero attached hydrogens (tertiary/aromatic N) is 2. The molecule has 5 heteroatoms. The minimum absolute atomic E-state index is 0.0223. The zero-order valence-electron chi connectivity index (χ0n) is 17.6. The van der Waals surface area contributed by atoms with Crippen LogP contribution < -0.4 is 4.74 Å². The Labute approximate surface area is 184 Å². The number of carbonyl (C=O) groups is 1. The van der Waals surface area contributed by atoms with Crippen molar-refractivity contribution < 1.29 is 9.53 Å². The van der Waals surface area contributed by atoms with Crippen molar-refractivity contribution in [3.05, 3.63) is 70.9 Å². The molecule has 0 unspecified atom stereocenters. The summed E-state index contributed by atoms with van der Waals surface area (Å²) in [4.78, 5) is 16.8. The highest BCUT2D eigenvalue weighted by atomic mass is 32.1. The van der Waals surface area contributed by atoms with E-state index in [0.29, 0.717) is 17.4 Å². The maximum absolute atomic E-state index is 13.1. The quantitative estimate of drug-likeness (QED) is 0.485. The molecule has 30 heavy (non-hydrogen) atoms. The fourth-order valence-electron chi connectivity index (χ4n) is 4.11. The summed E-state index contributed by atoms with van der Waals surface area (Å²) in [6.07, 6.45) is 7.59. The van der Waals surface area contributed by atoms with Gasteiger partial charge in [0.2, 0.25) is 0 Å². The molecule has 1 aliphatic heterocycles. The first-order valence-electron chi connectivity index (χ1n) is 10.6. The molecule has 1 saturated carbocycles. The number of benzene rings is 2. The molecule has 0 N–H and O–H groups in total. The van der Waals surface area contributed by atoms with Crippen molar-refractivity contribution in [2.75, 3.05) is 7.05 Å². The summed E-state index contributed by atoms with van der Waals surface area (Å²) in [6, 6.07) is 16.4. The molecule has 4 nitrogen and oxygen atoms in total. The summed E-state index contributed by atoms with van der Waals surface area (Å²) in [5.41, 5.74) is 3.98. The van der Waals surface area contributed by atoms with Crippen LogP contribution in [-0.4, -0.2) is 33.9 Å². The van der Waals surface area contributed by atoms with Gasteiger partial charge in [-0.15, -0.1) is 0 Å². The predicted molar refractivity (Wildman–Crippen MR) is 124 cm³/mol. The molecule has 2 aliphatic rings. The largest absolute Gasteiger partial charge is 0.489 e. The molecule has 1 aliphatic carbocycles. The molecular weight excluding hydrogens is 392 g/mol. The fraction of sp³-hybridized carbons (Fsp3) is 0.360. The zero-order chi connectivity index (χ0) is 21.1. The lowest BCUT2D eigenvalue weighted by Gasteiger charge is -2.30. The smallest absolute Gasteiger partial charge is 0.277 e. The molecule has 2 aromatic rings. The molecule has 2 fully saturated rings. The van der Waals surface area contributed by atoms with E-state index >= 15 is 0 Å². The van der Waals surface area contributed by atoms with E-state index in [2.05, 4.69) is 31.2 Å². The van der Waals surface area contributed by atoms with Crippen molar-refractivity contribution in [2.24, 2.45) is 0 Å². The standard InChI is InChI=1S/C25H28N2O2S/c1-18-8-10-20(11-9-18)17-29-22-14-12-19(13-15-22)16-23-24(28)27(25(30)26(23)2)21-6-4-3-5-7-21/h8-16,21H,3-7,17H2,1-2H3/b23-16-. The molecule has 156 valence electrons. The van der Waals surface area contributed by atoms with Gasteiger partial charge in [-0.2, -0.15) is 0 Å². The van der Waals surface area contributed by atoms with E-state index in [4.69, 9.17) is 17.0 Å². The Kier molecular flexibility index (Phi) is 6.18. The van der Waals surface area contributed by atoms with E-state index in [0.717, 1.165) is 29.7 Å². The van der Waals surface area contributed by atoms with Crippen LogP contribution in [0.15, 0.2) is 54.2 Å². The molecule has 4 rings (SSSR count). The zero-order valence-corrected chi connectivity index (χ0v) is 18.5. The summed E-state index contributed by atoms with van der Waals surface area (Å²) >= 11 is 5.59. The number of likely N-dealkylation sites (N-methyl/N-ethyl adjacent to an activating group) is 1. The predicted octanol–water partition coefficient (Wildman–Crippen LogP) is 5.31. The molecule has 0 bridgehead atoms. The lowest BCUT2D eigenvalue weighted by atomic mass is 9.94. The van der Waals surface area contributed by atoms with Crippen LogP contribution in [-0.2, 0) is 11.4 Å². The molecule has 1 saturated heterocycles. The Bertz CT molecular complexity index is 944. The minimum atomic E-state index is 0.0223. The molecule has 1 amide bonds. The van der Waals surface area contributed by atoms with Gasteiger partial charge in [0.25, 0.3) is 5.91 Å². The maximum atomic E-state index is 13.1. The summed E-state index contributed by atoms with van der Waals surface area (Å²) in [7, 11) is 1.88. The first-order chi connectivity index (χ1) is 14.5. The van der Waals surface area contributed by atoms with E-state index < -0.39 is 0 Å². The number of amides is 1. The number of carbonyl (C=O) groups excluding carboxylic acids is 1. The first-order valence-corrected chi connectivity index (χ1v) is 11.0. The van der Waals surface area contributed by atoms with Crippen LogP contribution in [0.25, 0.3) is 6.08 Å². The molecule has 2 aromatic carbocycles. The molecule has 0 radical (unpaired) electrons. The lowest BCUT2D eigenvalue weighted by molar-refractivity contribution is -0.124. The van der Waals surface area contributed by atoms with Crippen LogP contribution >= 0.6 is 12.2 Å². The molecule has 1 heterocycles. The van der Waals surface area contributed by atoms with Gasteiger partial charge in [0.05, 0.1) is 0 Å². The summed E-state index contributed by atoms with van der Waals surface area (Å²) in [5.74, 6) is 0.831. The third-order valence-electron chi connectivity index (χ3n) is 5.94. The van der Waals surface area contributed by atoms with Gasteiger partial charge in [0.15, 0.2) is 5.11 Å². The molecular formula is C25H28N2O2S. The summed E-state index contributed by atoms with van der Waals surface area (Å²) < 4.78 is 5.89. The van der Waals surface area contributed by atoms with Gasteiger partial charge in [-0.25, -0.2) is 0 Å². The van der Waals surface area contributed by atoms with Crippen LogP contribution in [0, 0.1) is 6.92 Å². The Morgan fingerprint density at radius 3 is 2.37 bits per heavy atom. The van der Waals surface area contributed by atoms with Gasteiger partial charge in [0.1, 0.15) is 18.1 Å². The van der Waals surface area contributed by atoms with Gasteiger partial charge in [0, 0.05) is 13.1 Å². The van der Waals surface area contributed by atoms with Crippen molar-refractivity contribution in [1.29, 1.82) is 0 Å². The van der Waals surface area contributed by atoms with Crippen LogP contribution in [0.3, 0.4) is 0 Å². The van der Waals surface area contributed by atoms with Crippen LogP contribution in [0.1, 0.15) is 48.8 Å². The van der Waals surface area contributed by atoms with E-state index in [9.17, 15) is 4.79 Å². The monoisotopic (exact) mass is 420 g/mol. The average Bonchev–Trinajstić information content (AvgIpc) is 2.98. The Morgan fingerprint density at radius 1 is 1.03 bits per heavy atom. The van der Waals surface area contributed by atoms with E-state index in [1.807, 2.05) is 47.2 Å². The fourth-order valence-corrected chi connectivity index (χ4v) is 4.44. The minimum Gasteiger partial charge on any atom is -0.489 e. The summed E-state index contributed by atoms with van der Waals surface area (Å²) in [6.45, 7) is 2.61. The van der Waals surface area contributed by atoms with Crippen molar-refractivity contribution in [3.8, 4) is 5.75 Å². The lowest BCUT2D eigenvalue weighted by Crippen LogP contribution is -2.41. The van der Waals surface area contributed by atoms with Crippen LogP contribution in [0.4, 0.5) is 0 Å². The number of ether oxygens (including phenoxy) is 1. The first kappa shape index (κ1) is 20.6.